The highest BCUT2D eigenvalue weighted by Gasteiger charge is 2.09. The summed E-state index contributed by atoms with van der Waals surface area (Å²) in [7, 11) is 0. The first-order valence-corrected chi connectivity index (χ1v) is 6.76. The molecule has 84 valence electrons. The van der Waals surface area contributed by atoms with E-state index in [0.717, 1.165) is 9.88 Å². The fourth-order valence-electron chi connectivity index (χ4n) is 1.04. The van der Waals surface area contributed by atoms with Crippen molar-refractivity contribution in [1.82, 2.24) is 10.2 Å². The predicted octanol–water partition coefficient (Wildman–Crippen LogP) is 2.83. The number of nitrogens with one attached hydrogen (secondary N) is 1. The van der Waals surface area contributed by atoms with E-state index in [9.17, 15) is 4.79 Å². The smallest absolute Gasteiger partial charge is 0.227 e. The molecule has 1 N–H and O–H groups in total. The minimum absolute atomic E-state index is 0.135. The fraction of sp³-hybridized carbons (Fsp3) is 0.222. The lowest BCUT2D eigenvalue weighted by Gasteiger charge is -1.96. The largest absolute Gasteiger partial charge is 0.300 e. The molecule has 2 aromatic rings. The van der Waals surface area contributed by atoms with Crippen LogP contribution in [0.3, 0.4) is 0 Å². The average molecular weight is 274 g/mol. The Balaban J connectivity index is 2.06. The van der Waals surface area contributed by atoms with Crippen molar-refractivity contribution in [2.75, 3.05) is 11.2 Å². The molecule has 0 aliphatic heterocycles. The Kier molecular flexibility index (Phi) is 3.87. The monoisotopic (exact) mass is 273 g/mol. The van der Waals surface area contributed by atoms with E-state index in [2.05, 4.69) is 15.5 Å². The van der Waals surface area contributed by atoms with Crippen LogP contribution in [-0.4, -0.2) is 22.0 Å². The second-order valence-electron chi connectivity index (χ2n) is 2.88. The number of anilines is 1. The molecule has 0 aromatic carbocycles. The van der Waals surface area contributed by atoms with E-state index < -0.39 is 0 Å². The Bertz CT molecular complexity index is 469. The van der Waals surface area contributed by atoms with Gasteiger partial charge in [0.25, 0.3) is 0 Å². The molecule has 2 aromatic heterocycles. The van der Waals surface area contributed by atoms with E-state index in [1.165, 1.54) is 11.3 Å². The normalized spacial score (nSPS) is 10.3. The Morgan fingerprint density at radius 1 is 1.50 bits per heavy atom. The van der Waals surface area contributed by atoms with E-state index >= 15 is 0 Å². The quantitative estimate of drug-likeness (QED) is 0.872. The summed E-state index contributed by atoms with van der Waals surface area (Å²) in [5.74, 6) is 0.173. The molecule has 0 atom stereocenters. The first-order valence-electron chi connectivity index (χ1n) is 4.53. The number of halogens is 1. The van der Waals surface area contributed by atoms with Crippen LogP contribution in [0.1, 0.15) is 6.42 Å². The summed E-state index contributed by atoms with van der Waals surface area (Å²) >= 11 is 8.41. The molecule has 0 bridgehead atoms. The van der Waals surface area contributed by atoms with Crippen LogP contribution >= 0.6 is 34.3 Å². The second-order valence-corrected chi connectivity index (χ2v) is 5.18. The molecular formula is C9H8ClN3OS2. The standard InChI is InChI=1S/C9H8ClN3OS2/c10-4-3-7(14)11-9-13-12-8(16-9)6-2-1-5-15-6/h1-2,5H,3-4H2,(H,11,13,14). The predicted molar refractivity (Wildman–Crippen MR) is 67.2 cm³/mol. The summed E-state index contributed by atoms with van der Waals surface area (Å²) in [6, 6.07) is 3.92. The molecule has 0 aliphatic rings. The van der Waals surface area contributed by atoms with Gasteiger partial charge in [-0.25, -0.2) is 0 Å². The zero-order valence-electron chi connectivity index (χ0n) is 8.14. The summed E-state index contributed by atoms with van der Waals surface area (Å²) in [5.41, 5.74) is 0. The van der Waals surface area contributed by atoms with Crippen molar-refractivity contribution in [3.8, 4) is 9.88 Å². The van der Waals surface area contributed by atoms with Crippen LogP contribution in [-0.2, 0) is 4.79 Å². The van der Waals surface area contributed by atoms with Crippen molar-refractivity contribution in [3.05, 3.63) is 17.5 Å². The molecule has 1 amide bonds. The number of thiophene rings is 1. The maximum absolute atomic E-state index is 11.3. The number of carbonyl (C=O) groups is 1. The molecule has 2 rings (SSSR count). The lowest BCUT2D eigenvalue weighted by molar-refractivity contribution is -0.115. The van der Waals surface area contributed by atoms with Gasteiger partial charge in [-0.1, -0.05) is 17.4 Å². The molecule has 2 heterocycles. The van der Waals surface area contributed by atoms with Gasteiger partial charge in [-0.2, -0.15) is 0 Å². The molecule has 0 saturated carbocycles. The molecule has 4 nitrogen and oxygen atoms in total. The summed E-state index contributed by atoms with van der Waals surface area (Å²) in [6.45, 7) is 0. The van der Waals surface area contributed by atoms with Gasteiger partial charge in [-0.3, -0.25) is 4.79 Å². The average Bonchev–Trinajstić information content (AvgIpc) is 2.86. The summed E-state index contributed by atoms with van der Waals surface area (Å²) in [6.07, 6.45) is 0.287. The third-order valence-electron chi connectivity index (χ3n) is 1.72. The number of carbonyl (C=O) groups excluding carboxylic acids is 1. The number of nitrogens with zero attached hydrogens (tertiary/aromatic N) is 2. The molecule has 0 unspecified atom stereocenters. The van der Waals surface area contributed by atoms with Gasteiger partial charge in [-0.15, -0.1) is 33.1 Å². The Hall–Kier alpha value is -0.980. The first-order chi connectivity index (χ1) is 7.79. The number of aromatic nitrogens is 2. The molecule has 16 heavy (non-hydrogen) atoms. The van der Waals surface area contributed by atoms with Crippen LogP contribution in [0.15, 0.2) is 17.5 Å². The Morgan fingerprint density at radius 2 is 2.38 bits per heavy atom. The van der Waals surface area contributed by atoms with Gasteiger partial charge >= 0.3 is 0 Å². The number of hydrogen-bond donors (Lipinski definition) is 1. The van der Waals surface area contributed by atoms with Crippen molar-refractivity contribution in [3.63, 3.8) is 0 Å². The van der Waals surface area contributed by atoms with Crippen molar-refractivity contribution in [2.45, 2.75) is 6.42 Å². The van der Waals surface area contributed by atoms with E-state index in [1.807, 2.05) is 17.5 Å². The summed E-state index contributed by atoms with van der Waals surface area (Å²) in [5, 5.41) is 13.9. The van der Waals surface area contributed by atoms with Gasteiger partial charge in [-0.05, 0) is 11.4 Å². The maximum atomic E-state index is 11.3. The summed E-state index contributed by atoms with van der Waals surface area (Å²) < 4.78 is 0. The zero-order valence-corrected chi connectivity index (χ0v) is 10.5. The molecule has 7 heteroatoms. The maximum Gasteiger partial charge on any atom is 0.227 e. The van der Waals surface area contributed by atoms with Crippen LogP contribution in [0.5, 0.6) is 0 Å². The van der Waals surface area contributed by atoms with Gasteiger partial charge in [0.1, 0.15) is 0 Å². The minimum atomic E-state index is -0.135. The van der Waals surface area contributed by atoms with Crippen LogP contribution in [0.25, 0.3) is 9.88 Å². The van der Waals surface area contributed by atoms with Crippen molar-refractivity contribution < 1.29 is 4.79 Å². The molecule has 0 saturated heterocycles. The highest BCUT2D eigenvalue weighted by Crippen LogP contribution is 2.29. The molecular weight excluding hydrogens is 266 g/mol. The SMILES string of the molecule is O=C(CCCl)Nc1nnc(-c2cccs2)s1. The molecule has 0 radical (unpaired) electrons. The minimum Gasteiger partial charge on any atom is -0.300 e. The van der Waals surface area contributed by atoms with Gasteiger partial charge in [0.2, 0.25) is 11.0 Å². The zero-order chi connectivity index (χ0) is 11.4. The third-order valence-corrected chi connectivity index (χ3v) is 3.79. The summed E-state index contributed by atoms with van der Waals surface area (Å²) in [4.78, 5) is 12.3. The molecule has 0 aliphatic carbocycles. The Morgan fingerprint density at radius 3 is 3.06 bits per heavy atom. The lowest BCUT2D eigenvalue weighted by Crippen LogP contribution is -2.11. The van der Waals surface area contributed by atoms with Crippen LogP contribution in [0.4, 0.5) is 5.13 Å². The second kappa shape index (κ2) is 5.38. The van der Waals surface area contributed by atoms with Crippen molar-refractivity contribution >= 4 is 45.3 Å². The third kappa shape index (κ3) is 2.78. The van der Waals surface area contributed by atoms with Crippen molar-refractivity contribution in [1.29, 1.82) is 0 Å². The van der Waals surface area contributed by atoms with E-state index in [0.29, 0.717) is 11.0 Å². The first kappa shape index (κ1) is 11.5. The number of hydrogen-bond acceptors (Lipinski definition) is 5. The lowest BCUT2D eigenvalue weighted by atomic mass is 10.5. The van der Waals surface area contributed by atoms with Gasteiger partial charge in [0.05, 0.1) is 4.88 Å². The van der Waals surface area contributed by atoms with Crippen LogP contribution < -0.4 is 5.32 Å². The molecule has 0 fully saturated rings. The number of amides is 1. The van der Waals surface area contributed by atoms with Crippen LogP contribution in [0.2, 0.25) is 0 Å². The van der Waals surface area contributed by atoms with E-state index in [-0.39, 0.29) is 12.3 Å². The molecule has 0 spiro atoms. The Labute approximate surface area is 105 Å². The van der Waals surface area contributed by atoms with Crippen molar-refractivity contribution in [2.24, 2.45) is 0 Å². The fourth-order valence-corrected chi connectivity index (χ4v) is 2.76. The van der Waals surface area contributed by atoms with E-state index in [4.69, 9.17) is 11.6 Å². The number of rotatable bonds is 4. The highest BCUT2D eigenvalue weighted by atomic mass is 35.5. The van der Waals surface area contributed by atoms with Gasteiger partial charge in [0.15, 0.2) is 5.01 Å². The van der Waals surface area contributed by atoms with Crippen LogP contribution in [0, 0.1) is 0 Å². The van der Waals surface area contributed by atoms with Gasteiger partial charge in [0, 0.05) is 12.3 Å². The topological polar surface area (TPSA) is 54.9 Å². The van der Waals surface area contributed by atoms with Gasteiger partial charge < -0.3 is 5.32 Å². The van der Waals surface area contributed by atoms with E-state index in [1.54, 1.807) is 11.3 Å². The number of alkyl halides is 1. The highest BCUT2D eigenvalue weighted by molar-refractivity contribution is 7.23.